The Hall–Kier alpha value is -1.43. The molecule has 1 amide bonds. The number of Topliss-reactive ketones (excluding diaryl/α,β-unsaturated/α-hetero) is 1. The molecule has 2 fully saturated rings. The number of nitrogens with zero attached hydrogens (tertiary/aromatic N) is 1. The fraction of sp³-hybridized carbons (Fsp3) is 0.579. The fourth-order valence-corrected chi connectivity index (χ4v) is 3.81. The van der Waals surface area contributed by atoms with E-state index in [1.165, 1.54) is 0 Å². The molecule has 0 aromatic heterocycles. The lowest BCUT2D eigenvalue weighted by molar-refractivity contribution is -0.138. The van der Waals surface area contributed by atoms with Crippen LogP contribution in [-0.4, -0.2) is 55.5 Å². The van der Waals surface area contributed by atoms with E-state index in [-0.39, 0.29) is 30.2 Å². The van der Waals surface area contributed by atoms with Crippen LogP contribution in [0.2, 0.25) is 0 Å². The minimum atomic E-state index is -0.444. The maximum Gasteiger partial charge on any atom is 0.225 e. The van der Waals surface area contributed by atoms with Crippen LogP contribution in [0.1, 0.15) is 31.7 Å². The molecule has 2 heterocycles. The second-order valence-electron chi connectivity index (χ2n) is 6.79. The number of hydrogen-bond donors (Lipinski definition) is 1. The highest BCUT2D eigenvalue weighted by Crippen LogP contribution is 2.36. The maximum atomic E-state index is 12.5. The van der Waals surface area contributed by atoms with Gasteiger partial charge in [0.15, 0.2) is 0 Å². The van der Waals surface area contributed by atoms with Crippen molar-refractivity contribution in [1.29, 1.82) is 0 Å². The van der Waals surface area contributed by atoms with Gasteiger partial charge in [-0.1, -0.05) is 30.3 Å². The molecule has 2 saturated heterocycles. The molecule has 2 aliphatic heterocycles. The lowest BCUT2D eigenvalue weighted by atomic mass is 9.70. The van der Waals surface area contributed by atoms with Gasteiger partial charge in [0.05, 0.1) is 24.5 Å². The van der Waals surface area contributed by atoms with Crippen molar-refractivity contribution in [3.63, 3.8) is 0 Å². The number of halogens is 1. The van der Waals surface area contributed by atoms with E-state index in [0.717, 1.165) is 18.7 Å². The Labute approximate surface area is 155 Å². The Bertz CT molecular complexity index is 580. The number of carbonyl (C=O) groups excluding carboxylic acids is 2. The van der Waals surface area contributed by atoms with E-state index >= 15 is 0 Å². The van der Waals surface area contributed by atoms with Gasteiger partial charge in [0.25, 0.3) is 0 Å². The summed E-state index contributed by atoms with van der Waals surface area (Å²) in [7, 11) is 0. The topological polar surface area (TPSA) is 58.6 Å². The van der Waals surface area contributed by atoms with Crippen molar-refractivity contribution < 1.29 is 14.3 Å². The SMILES string of the molecule is CC(=O)C1(c2ccccc2)CCN(C(=O)CC2CNCCO2)CC1.Cl. The minimum Gasteiger partial charge on any atom is -0.375 e. The molecule has 0 radical (unpaired) electrons. The zero-order valence-corrected chi connectivity index (χ0v) is 15.5. The van der Waals surface area contributed by atoms with Crippen LogP contribution in [-0.2, 0) is 19.7 Å². The highest BCUT2D eigenvalue weighted by atomic mass is 35.5. The van der Waals surface area contributed by atoms with Crippen molar-refractivity contribution in [3.8, 4) is 0 Å². The summed E-state index contributed by atoms with van der Waals surface area (Å²) >= 11 is 0. The third-order valence-corrected chi connectivity index (χ3v) is 5.38. The number of morpholine rings is 1. The van der Waals surface area contributed by atoms with Gasteiger partial charge in [-0.2, -0.15) is 0 Å². The second kappa shape index (κ2) is 8.79. The van der Waals surface area contributed by atoms with Crippen molar-refractivity contribution in [2.75, 3.05) is 32.8 Å². The average Bonchev–Trinajstić information content (AvgIpc) is 2.63. The molecule has 0 saturated carbocycles. The molecule has 0 aliphatic carbocycles. The summed E-state index contributed by atoms with van der Waals surface area (Å²) in [5.41, 5.74) is 0.630. The molecule has 0 spiro atoms. The molecule has 6 heteroatoms. The summed E-state index contributed by atoms with van der Waals surface area (Å²) in [4.78, 5) is 26.8. The number of benzene rings is 1. The number of likely N-dealkylation sites (tertiary alicyclic amines) is 1. The van der Waals surface area contributed by atoms with Crippen molar-refractivity contribution in [2.45, 2.75) is 37.7 Å². The Morgan fingerprint density at radius 2 is 1.92 bits per heavy atom. The minimum absolute atomic E-state index is 0. The van der Waals surface area contributed by atoms with Gasteiger partial charge in [0.1, 0.15) is 5.78 Å². The molecule has 5 nitrogen and oxygen atoms in total. The second-order valence-corrected chi connectivity index (χ2v) is 6.79. The number of amides is 1. The van der Waals surface area contributed by atoms with Gasteiger partial charge in [0.2, 0.25) is 5.91 Å². The molecule has 1 unspecified atom stereocenters. The largest absolute Gasteiger partial charge is 0.375 e. The van der Waals surface area contributed by atoms with Crippen molar-refractivity contribution in [3.05, 3.63) is 35.9 Å². The molecule has 3 rings (SSSR count). The van der Waals surface area contributed by atoms with Gasteiger partial charge < -0.3 is 15.0 Å². The van der Waals surface area contributed by atoms with Gasteiger partial charge in [-0.15, -0.1) is 12.4 Å². The number of ether oxygens (including phenoxy) is 1. The smallest absolute Gasteiger partial charge is 0.225 e. The number of rotatable bonds is 4. The van der Waals surface area contributed by atoms with E-state index in [0.29, 0.717) is 39.0 Å². The van der Waals surface area contributed by atoms with E-state index in [4.69, 9.17) is 4.74 Å². The summed E-state index contributed by atoms with van der Waals surface area (Å²) in [5, 5.41) is 3.25. The van der Waals surface area contributed by atoms with Crippen molar-refractivity contribution in [1.82, 2.24) is 10.2 Å². The average molecular weight is 367 g/mol. The fourth-order valence-electron chi connectivity index (χ4n) is 3.81. The zero-order chi connectivity index (χ0) is 17.0. The molecule has 1 aromatic carbocycles. The summed E-state index contributed by atoms with van der Waals surface area (Å²) < 4.78 is 5.62. The van der Waals surface area contributed by atoms with Crippen LogP contribution in [0, 0.1) is 0 Å². The maximum absolute atomic E-state index is 12.5. The monoisotopic (exact) mass is 366 g/mol. The highest BCUT2D eigenvalue weighted by Gasteiger charge is 2.41. The quantitative estimate of drug-likeness (QED) is 0.884. The lowest BCUT2D eigenvalue weighted by Gasteiger charge is -2.41. The third-order valence-electron chi connectivity index (χ3n) is 5.38. The standard InChI is InChI=1S/C19H26N2O3.ClH/c1-15(22)19(16-5-3-2-4-6-16)7-10-21(11-8-19)18(23)13-17-14-20-9-12-24-17;/h2-6,17,20H,7-14H2,1H3;1H. The Balaban J connectivity index is 0.00000225. The van der Waals surface area contributed by atoms with Gasteiger partial charge >= 0.3 is 0 Å². The Morgan fingerprint density at radius 1 is 1.24 bits per heavy atom. The summed E-state index contributed by atoms with van der Waals surface area (Å²) in [6.07, 6.45) is 1.79. The molecule has 0 bridgehead atoms. The summed E-state index contributed by atoms with van der Waals surface area (Å²) in [5.74, 6) is 0.328. The predicted molar refractivity (Wildman–Crippen MR) is 99.1 cm³/mol. The van der Waals surface area contributed by atoms with Crippen LogP contribution in [0.5, 0.6) is 0 Å². The molecule has 2 aliphatic rings. The number of hydrogen-bond acceptors (Lipinski definition) is 4. The zero-order valence-electron chi connectivity index (χ0n) is 14.7. The molecular formula is C19H27ClN2O3. The van der Waals surface area contributed by atoms with Gasteiger partial charge in [0, 0.05) is 26.2 Å². The molecule has 1 aromatic rings. The first-order valence-electron chi connectivity index (χ1n) is 8.78. The van der Waals surface area contributed by atoms with Crippen LogP contribution in [0.3, 0.4) is 0 Å². The Kier molecular flexibility index (Phi) is 6.99. The van der Waals surface area contributed by atoms with E-state index in [9.17, 15) is 9.59 Å². The number of ketones is 1. The Morgan fingerprint density at radius 3 is 2.48 bits per heavy atom. The first-order valence-corrected chi connectivity index (χ1v) is 8.78. The van der Waals surface area contributed by atoms with E-state index in [2.05, 4.69) is 5.32 Å². The first kappa shape index (κ1) is 19.9. The van der Waals surface area contributed by atoms with Gasteiger partial charge in [-0.3, -0.25) is 9.59 Å². The summed E-state index contributed by atoms with van der Waals surface area (Å²) in [6, 6.07) is 9.98. The van der Waals surface area contributed by atoms with Crippen LogP contribution in [0.4, 0.5) is 0 Å². The van der Waals surface area contributed by atoms with E-state index in [1.807, 2.05) is 35.2 Å². The number of piperidine rings is 1. The van der Waals surface area contributed by atoms with E-state index in [1.54, 1.807) is 6.92 Å². The third kappa shape index (κ3) is 4.40. The molecule has 1 atom stereocenters. The van der Waals surface area contributed by atoms with Crippen LogP contribution in [0.25, 0.3) is 0 Å². The van der Waals surface area contributed by atoms with Crippen LogP contribution in [0.15, 0.2) is 30.3 Å². The molecular weight excluding hydrogens is 340 g/mol. The summed E-state index contributed by atoms with van der Waals surface area (Å²) in [6.45, 7) is 5.19. The number of carbonyl (C=O) groups is 2. The van der Waals surface area contributed by atoms with Gasteiger partial charge in [-0.05, 0) is 25.3 Å². The molecule has 25 heavy (non-hydrogen) atoms. The molecule has 1 N–H and O–H groups in total. The predicted octanol–water partition coefficient (Wildman–Crippen LogP) is 1.94. The number of nitrogens with one attached hydrogen (secondary N) is 1. The lowest BCUT2D eigenvalue weighted by Crippen LogP contribution is -2.49. The van der Waals surface area contributed by atoms with E-state index < -0.39 is 5.41 Å². The highest BCUT2D eigenvalue weighted by molar-refractivity contribution is 5.88. The van der Waals surface area contributed by atoms with Crippen LogP contribution >= 0.6 is 12.4 Å². The van der Waals surface area contributed by atoms with Crippen LogP contribution < -0.4 is 5.32 Å². The van der Waals surface area contributed by atoms with Gasteiger partial charge in [-0.25, -0.2) is 0 Å². The first-order chi connectivity index (χ1) is 11.6. The molecule has 138 valence electrons. The van der Waals surface area contributed by atoms with Crippen molar-refractivity contribution >= 4 is 24.1 Å². The normalized spacial score (nSPS) is 22.8. The van der Waals surface area contributed by atoms with Crippen molar-refractivity contribution in [2.24, 2.45) is 0 Å².